The van der Waals surface area contributed by atoms with E-state index in [2.05, 4.69) is 41.5 Å². The molecule has 0 spiro atoms. The molecule has 0 bridgehead atoms. The predicted molar refractivity (Wildman–Crippen MR) is 128 cm³/mol. The van der Waals surface area contributed by atoms with E-state index < -0.39 is 35.4 Å². The summed E-state index contributed by atoms with van der Waals surface area (Å²) in [6, 6.07) is 6.31. The molecule has 2 aromatic heterocycles. The fraction of sp³-hybridized carbons (Fsp3) is 0.400. The van der Waals surface area contributed by atoms with Gasteiger partial charge in [0.15, 0.2) is 17.5 Å². The van der Waals surface area contributed by atoms with Gasteiger partial charge in [-0.2, -0.15) is 9.94 Å². The Balaban J connectivity index is 1.46. The predicted octanol–water partition coefficient (Wildman–Crippen LogP) is 3.24. The summed E-state index contributed by atoms with van der Waals surface area (Å²) in [7, 11) is 1.47. The summed E-state index contributed by atoms with van der Waals surface area (Å²) in [6.07, 6.45) is -0.994. The summed E-state index contributed by atoms with van der Waals surface area (Å²) < 4.78 is 44.4. The van der Waals surface area contributed by atoms with Gasteiger partial charge in [0, 0.05) is 24.6 Å². The normalized spacial score (nSPS) is 16.6. The Morgan fingerprint density at radius 3 is 2.54 bits per heavy atom. The lowest BCUT2D eigenvalue weighted by molar-refractivity contribution is -0.274. The molecule has 0 unspecified atom stereocenters. The Kier molecular flexibility index (Phi) is 6.45. The van der Waals surface area contributed by atoms with Crippen LogP contribution < -0.4 is 15.4 Å². The van der Waals surface area contributed by atoms with Crippen LogP contribution in [-0.2, 0) is 5.41 Å². The maximum absolute atomic E-state index is 13.3. The van der Waals surface area contributed by atoms with Crippen LogP contribution in [0.3, 0.4) is 0 Å². The van der Waals surface area contributed by atoms with Crippen LogP contribution in [0.25, 0.3) is 5.82 Å². The van der Waals surface area contributed by atoms with E-state index in [1.165, 1.54) is 30.2 Å². The molecule has 0 aliphatic heterocycles. The molecule has 2 aliphatic rings. The highest BCUT2D eigenvalue weighted by Gasteiger charge is 2.46. The molecular weight excluding hydrogens is 517 g/mol. The number of alkyl halides is 3. The van der Waals surface area contributed by atoms with Gasteiger partial charge in [-0.25, -0.2) is 15.0 Å². The number of nitrogens with one attached hydrogen (secondary N) is 2. The molecule has 2 amide bonds. The second kappa shape index (κ2) is 9.64. The summed E-state index contributed by atoms with van der Waals surface area (Å²) in [5.74, 6) is -0.419. The van der Waals surface area contributed by atoms with Crippen molar-refractivity contribution in [2.24, 2.45) is 0 Å². The van der Waals surface area contributed by atoms with Crippen molar-refractivity contribution in [2.45, 2.75) is 56.3 Å². The van der Waals surface area contributed by atoms with Crippen molar-refractivity contribution in [3.63, 3.8) is 0 Å². The highest BCUT2D eigenvalue weighted by Crippen LogP contribution is 2.48. The Morgan fingerprint density at radius 2 is 1.92 bits per heavy atom. The zero-order chi connectivity index (χ0) is 27.9. The number of hydrogen-bond acceptors (Lipinski definition) is 8. The fourth-order valence-corrected chi connectivity index (χ4v) is 4.15. The summed E-state index contributed by atoms with van der Waals surface area (Å²) in [6.45, 7) is 1.64. The molecule has 2 N–H and O–H groups in total. The average Bonchev–Trinajstić information content (AvgIpc) is 3.84. The van der Waals surface area contributed by atoms with E-state index in [0.29, 0.717) is 24.5 Å². The molecule has 2 heterocycles. The lowest BCUT2D eigenvalue weighted by atomic mass is 9.95. The minimum absolute atomic E-state index is 0.0995. The maximum Gasteiger partial charge on any atom is 0.573 e. The van der Waals surface area contributed by atoms with Crippen molar-refractivity contribution in [1.82, 2.24) is 35.4 Å². The van der Waals surface area contributed by atoms with Crippen LogP contribution in [0.15, 0.2) is 30.6 Å². The number of nitrogens with zero attached hydrogens (tertiary/aromatic N) is 6. The maximum atomic E-state index is 13.3. The van der Waals surface area contributed by atoms with E-state index in [-0.39, 0.29) is 28.6 Å². The fourth-order valence-electron chi connectivity index (χ4n) is 4.15. The molecule has 2 fully saturated rings. The van der Waals surface area contributed by atoms with Gasteiger partial charge in [-0.15, -0.1) is 18.3 Å². The minimum atomic E-state index is -4.97. The molecule has 1 atom stereocenters. The summed E-state index contributed by atoms with van der Waals surface area (Å²) in [4.78, 5) is 38.1. The molecule has 0 saturated heterocycles. The van der Waals surface area contributed by atoms with Crippen molar-refractivity contribution in [2.75, 3.05) is 7.05 Å². The van der Waals surface area contributed by atoms with E-state index >= 15 is 0 Å². The van der Waals surface area contributed by atoms with E-state index in [4.69, 9.17) is 0 Å². The van der Waals surface area contributed by atoms with Crippen LogP contribution in [0.2, 0.25) is 0 Å². The first-order valence-electron chi connectivity index (χ1n) is 12.2. The first-order chi connectivity index (χ1) is 18.5. The van der Waals surface area contributed by atoms with E-state index in [1.807, 2.05) is 0 Å². The Labute approximate surface area is 220 Å². The van der Waals surface area contributed by atoms with Crippen molar-refractivity contribution < 1.29 is 27.5 Å². The van der Waals surface area contributed by atoms with Gasteiger partial charge >= 0.3 is 6.36 Å². The molecule has 39 heavy (non-hydrogen) atoms. The van der Waals surface area contributed by atoms with E-state index in [9.17, 15) is 28.0 Å². The zero-order valence-corrected chi connectivity index (χ0v) is 20.9. The van der Waals surface area contributed by atoms with Crippen LogP contribution in [0.1, 0.15) is 82.6 Å². The lowest BCUT2D eigenvalue weighted by Crippen LogP contribution is -2.29. The van der Waals surface area contributed by atoms with Gasteiger partial charge in [0.05, 0.1) is 17.5 Å². The van der Waals surface area contributed by atoms with Crippen molar-refractivity contribution in [3.8, 4) is 17.6 Å². The molecule has 14 heteroatoms. The first-order valence-corrected chi connectivity index (χ1v) is 12.2. The average molecular weight is 541 g/mol. The third kappa shape index (κ3) is 5.52. The number of benzene rings is 1. The number of carbonyl (C=O) groups is 2. The van der Waals surface area contributed by atoms with E-state index in [0.717, 1.165) is 25.0 Å². The first kappa shape index (κ1) is 26.1. The number of halogens is 3. The number of rotatable bonds is 8. The largest absolute Gasteiger partial charge is 0.573 e. The number of carbonyl (C=O) groups excluding carboxylic acids is 2. The van der Waals surface area contributed by atoms with Gasteiger partial charge in [-0.05, 0) is 56.4 Å². The Morgan fingerprint density at radius 1 is 1.18 bits per heavy atom. The zero-order valence-electron chi connectivity index (χ0n) is 20.9. The molecule has 3 aromatic rings. The van der Waals surface area contributed by atoms with Crippen molar-refractivity contribution >= 4 is 11.8 Å². The number of ether oxygens (including phenoxy) is 1. The molecule has 2 aliphatic carbocycles. The molecular formula is C25H23F3N8O3. The summed E-state index contributed by atoms with van der Waals surface area (Å²) in [5, 5.41) is 19.3. The number of amides is 2. The van der Waals surface area contributed by atoms with Gasteiger partial charge in [-0.1, -0.05) is 0 Å². The molecule has 0 radical (unpaired) electrons. The molecule has 2 saturated carbocycles. The van der Waals surface area contributed by atoms with Crippen LogP contribution in [-0.4, -0.2) is 50.0 Å². The van der Waals surface area contributed by atoms with Gasteiger partial charge in [-0.3, -0.25) is 9.59 Å². The third-order valence-corrected chi connectivity index (χ3v) is 6.57. The summed E-state index contributed by atoms with van der Waals surface area (Å²) in [5.41, 5.74) is -0.654. The van der Waals surface area contributed by atoms with Gasteiger partial charge in [0.25, 0.3) is 11.8 Å². The van der Waals surface area contributed by atoms with E-state index in [1.54, 1.807) is 6.92 Å². The Hall–Kier alpha value is -4.54. The highest BCUT2D eigenvalue weighted by molar-refractivity contribution is 5.95. The third-order valence-electron chi connectivity index (χ3n) is 6.57. The molecule has 202 valence electrons. The van der Waals surface area contributed by atoms with Crippen LogP contribution in [0.5, 0.6) is 5.75 Å². The number of aromatic nitrogens is 5. The quantitative estimate of drug-likeness (QED) is 0.443. The monoisotopic (exact) mass is 540 g/mol. The molecule has 5 rings (SSSR count). The van der Waals surface area contributed by atoms with Gasteiger partial charge in [0.2, 0.25) is 0 Å². The standard InChI is InChI=1S/C25H23F3N8O3/c1-13(21-34-20(14-3-4-14)35-36(21)19-10-18(23(38)30-2)31-12-32-19)33-22(37)15-7-16(24(11-29)5-6-24)9-17(8-15)39-25(26,27)28/h7-10,12-14H,3-6H2,1-2H3,(H,30,38)(H,33,37)/t13-/m0/s1. The molecule has 11 nitrogen and oxygen atoms in total. The molecule has 1 aromatic carbocycles. The topological polar surface area (TPSA) is 148 Å². The van der Waals surface area contributed by atoms with Crippen molar-refractivity contribution in [3.05, 3.63) is 59.1 Å². The summed E-state index contributed by atoms with van der Waals surface area (Å²) >= 11 is 0. The Bertz CT molecular complexity index is 1490. The minimum Gasteiger partial charge on any atom is -0.406 e. The second-order valence-corrected chi connectivity index (χ2v) is 9.54. The highest BCUT2D eigenvalue weighted by atomic mass is 19.4. The SMILES string of the molecule is CNC(=O)c1cc(-n2nc(C3CC3)nc2[C@H](C)NC(=O)c2cc(OC(F)(F)F)cc(C3(C#N)CC3)c2)ncn1. The van der Waals surface area contributed by atoms with Crippen LogP contribution in [0, 0.1) is 11.3 Å². The second-order valence-electron chi connectivity index (χ2n) is 9.54. The van der Waals surface area contributed by atoms with Crippen LogP contribution in [0.4, 0.5) is 13.2 Å². The van der Waals surface area contributed by atoms with Crippen molar-refractivity contribution in [1.29, 1.82) is 5.26 Å². The number of nitriles is 1. The van der Waals surface area contributed by atoms with Crippen LogP contribution >= 0.6 is 0 Å². The van der Waals surface area contributed by atoms with Gasteiger partial charge in [0.1, 0.15) is 17.8 Å². The van der Waals surface area contributed by atoms with Gasteiger partial charge < -0.3 is 15.4 Å². The lowest BCUT2D eigenvalue weighted by Gasteiger charge is -2.17. The number of hydrogen-bond donors (Lipinski definition) is 2. The smallest absolute Gasteiger partial charge is 0.406 e.